The number of rotatable bonds is 6. The molecule has 0 saturated carbocycles. The van der Waals surface area contributed by atoms with E-state index in [1.54, 1.807) is 11.8 Å². The summed E-state index contributed by atoms with van der Waals surface area (Å²) >= 11 is 1.63. The first-order valence-electron chi connectivity index (χ1n) is 6.99. The maximum Gasteiger partial charge on any atom is 0.232 e. The third-order valence-electron chi connectivity index (χ3n) is 3.55. The van der Waals surface area contributed by atoms with E-state index in [4.69, 9.17) is 0 Å². The van der Waals surface area contributed by atoms with E-state index in [0.29, 0.717) is 13.1 Å². The average molecular weight is 331 g/mol. The zero-order chi connectivity index (χ0) is 14.4. The van der Waals surface area contributed by atoms with Crippen LogP contribution in [0.4, 0.5) is 0 Å². The van der Waals surface area contributed by atoms with Gasteiger partial charge in [-0.15, -0.1) is 24.2 Å². The smallest absolute Gasteiger partial charge is 0.232 e. The number of amides is 1. The molecule has 1 aromatic carbocycles. The van der Waals surface area contributed by atoms with Crippen molar-refractivity contribution in [2.24, 2.45) is 5.92 Å². The number of hydrogen-bond donors (Lipinski definition) is 3. The molecule has 118 valence electrons. The molecule has 1 heterocycles. The zero-order valence-electron chi connectivity index (χ0n) is 12.1. The highest BCUT2D eigenvalue weighted by Gasteiger charge is 2.25. The van der Waals surface area contributed by atoms with Gasteiger partial charge in [0.2, 0.25) is 5.91 Å². The molecule has 0 aliphatic carbocycles. The molecule has 6 heteroatoms. The van der Waals surface area contributed by atoms with Gasteiger partial charge in [0.1, 0.15) is 0 Å². The molecule has 2 rings (SSSR count). The van der Waals surface area contributed by atoms with Gasteiger partial charge in [-0.05, 0) is 12.5 Å². The summed E-state index contributed by atoms with van der Waals surface area (Å²) in [5.41, 5.74) is 1.23. The third kappa shape index (κ3) is 5.87. The molecule has 3 unspecified atom stereocenters. The number of carbonyl (C=O) groups is 1. The van der Waals surface area contributed by atoms with Gasteiger partial charge >= 0.3 is 0 Å². The molecular formula is C15H23ClN2O2S. The highest BCUT2D eigenvalue weighted by Crippen LogP contribution is 2.17. The zero-order valence-corrected chi connectivity index (χ0v) is 13.8. The van der Waals surface area contributed by atoms with Gasteiger partial charge in [0.15, 0.2) is 0 Å². The first kappa shape index (κ1) is 18.3. The molecule has 1 aliphatic heterocycles. The second-order valence-electron chi connectivity index (χ2n) is 5.17. The van der Waals surface area contributed by atoms with Crippen molar-refractivity contribution in [1.29, 1.82) is 0 Å². The Morgan fingerprint density at radius 3 is 2.76 bits per heavy atom. The molecule has 3 N–H and O–H groups in total. The lowest BCUT2D eigenvalue weighted by Gasteiger charge is -2.16. The van der Waals surface area contributed by atoms with Crippen molar-refractivity contribution in [2.45, 2.75) is 24.0 Å². The van der Waals surface area contributed by atoms with E-state index in [2.05, 4.69) is 22.8 Å². The van der Waals surface area contributed by atoms with Gasteiger partial charge in [0.25, 0.3) is 0 Å². The summed E-state index contributed by atoms with van der Waals surface area (Å²) in [6.45, 7) is 3.86. The molecule has 0 radical (unpaired) electrons. The number of hydrogen-bond acceptors (Lipinski definition) is 4. The second-order valence-corrected chi connectivity index (χ2v) is 6.50. The first-order valence-corrected chi connectivity index (χ1v) is 8.03. The van der Waals surface area contributed by atoms with Crippen LogP contribution in [0.5, 0.6) is 0 Å². The predicted molar refractivity (Wildman–Crippen MR) is 89.8 cm³/mol. The van der Waals surface area contributed by atoms with Crippen LogP contribution in [-0.4, -0.2) is 42.0 Å². The third-order valence-corrected chi connectivity index (χ3v) is 4.77. The van der Waals surface area contributed by atoms with E-state index in [1.165, 1.54) is 5.56 Å². The van der Waals surface area contributed by atoms with Crippen LogP contribution in [0.25, 0.3) is 0 Å². The molecule has 0 spiro atoms. The van der Waals surface area contributed by atoms with Crippen LogP contribution in [0.3, 0.4) is 0 Å². The number of carbonyl (C=O) groups excluding carboxylic acids is 1. The Kier molecular flexibility index (Phi) is 8.11. The summed E-state index contributed by atoms with van der Waals surface area (Å²) in [6, 6.07) is 10.1. The Labute approximate surface area is 136 Å². The van der Waals surface area contributed by atoms with E-state index < -0.39 is 0 Å². The Morgan fingerprint density at radius 1 is 1.43 bits per heavy atom. The summed E-state index contributed by atoms with van der Waals surface area (Å²) in [4.78, 5) is 12.0. The largest absolute Gasteiger partial charge is 0.391 e. The van der Waals surface area contributed by atoms with Crippen molar-refractivity contribution in [2.75, 3.05) is 19.6 Å². The highest BCUT2D eigenvalue weighted by molar-refractivity contribution is 7.99. The number of aliphatic hydroxyl groups excluding tert-OH is 1. The van der Waals surface area contributed by atoms with Crippen LogP contribution in [0.2, 0.25) is 0 Å². The van der Waals surface area contributed by atoms with Crippen molar-refractivity contribution < 1.29 is 9.90 Å². The van der Waals surface area contributed by atoms with Crippen molar-refractivity contribution in [3.63, 3.8) is 0 Å². The van der Waals surface area contributed by atoms with Crippen molar-refractivity contribution in [3.8, 4) is 0 Å². The monoisotopic (exact) mass is 330 g/mol. The van der Waals surface area contributed by atoms with Crippen LogP contribution in [0.15, 0.2) is 30.3 Å². The molecular weight excluding hydrogens is 308 g/mol. The average Bonchev–Trinajstić information content (AvgIpc) is 2.88. The molecule has 0 aromatic heterocycles. The topological polar surface area (TPSA) is 61.4 Å². The number of benzene rings is 1. The molecule has 1 amide bonds. The minimum absolute atomic E-state index is 0. The molecule has 1 aliphatic rings. The van der Waals surface area contributed by atoms with Gasteiger partial charge < -0.3 is 15.7 Å². The quantitative estimate of drug-likeness (QED) is 0.738. The highest BCUT2D eigenvalue weighted by atomic mass is 35.5. The van der Waals surface area contributed by atoms with Crippen LogP contribution in [0.1, 0.15) is 12.5 Å². The maximum absolute atomic E-state index is 12.0. The van der Waals surface area contributed by atoms with Crippen LogP contribution in [-0.2, 0) is 10.5 Å². The van der Waals surface area contributed by atoms with Gasteiger partial charge in [-0.3, -0.25) is 4.79 Å². The van der Waals surface area contributed by atoms with Gasteiger partial charge in [0.05, 0.1) is 11.4 Å². The SMILES string of the molecule is CC(SCc1ccccc1)C(=O)NCC1CNCC1O.Cl. The second kappa shape index (κ2) is 9.30. The van der Waals surface area contributed by atoms with E-state index >= 15 is 0 Å². The summed E-state index contributed by atoms with van der Waals surface area (Å²) < 4.78 is 0. The molecule has 1 aromatic rings. The summed E-state index contributed by atoms with van der Waals surface area (Å²) in [6.07, 6.45) is -0.345. The van der Waals surface area contributed by atoms with Crippen LogP contribution < -0.4 is 10.6 Å². The fourth-order valence-corrected chi connectivity index (χ4v) is 3.04. The van der Waals surface area contributed by atoms with Crippen molar-refractivity contribution >= 4 is 30.1 Å². The maximum atomic E-state index is 12.0. The Bertz CT molecular complexity index is 433. The minimum Gasteiger partial charge on any atom is -0.391 e. The molecule has 0 bridgehead atoms. The lowest BCUT2D eigenvalue weighted by molar-refractivity contribution is -0.120. The first-order chi connectivity index (χ1) is 9.66. The lowest BCUT2D eigenvalue weighted by Crippen LogP contribution is -2.38. The van der Waals surface area contributed by atoms with E-state index in [1.807, 2.05) is 25.1 Å². The molecule has 21 heavy (non-hydrogen) atoms. The number of halogens is 1. The van der Waals surface area contributed by atoms with E-state index in [0.717, 1.165) is 12.3 Å². The summed E-state index contributed by atoms with van der Waals surface area (Å²) in [5.74, 6) is 1.01. The minimum atomic E-state index is -0.345. The fourth-order valence-electron chi connectivity index (χ4n) is 2.17. The van der Waals surface area contributed by atoms with Crippen LogP contribution in [0, 0.1) is 5.92 Å². The Morgan fingerprint density at radius 2 is 2.14 bits per heavy atom. The van der Waals surface area contributed by atoms with Gasteiger partial charge in [-0.1, -0.05) is 30.3 Å². The lowest BCUT2D eigenvalue weighted by atomic mass is 10.1. The fraction of sp³-hybridized carbons (Fsp3) is 0.533. The molecule has 1 saturated heterocycles. The van der Waals surface area contributed by atoms with Gasteiger partial charge in [-0.25, -0.2) is 0 Å². The number of thioether (sulfide) groups is 1. The van der Waals surface area contributed by atoms with Gasteiger partial charge in [-0.2, -0.15) is 0 Å². The summed E-state index contributed by atoms with van der Waals surface area (Å²) in [5, 5.41) is 15.6. The Hall–Kier alpha value is -0.750. The number of nitrogens with one attached hydrogen (secondary N) is 2. The van der Waals surface area contributed by atoms with Gasteiger partial charge in [0, 0.05) is 31.3 Å². The molecule has 1 fully saturated rings. The normalized spacial score (nSPS) is 22.4. The molecule has 3 atom stereocenters. The number of β-amino-alcohol motifs (C(OH)–C–C–N with tert-alkyl or cyclic N) is 1. The standard InChI is InChI=1S/C15H22N2O2S.ClH/c1-11(20-10-12-5-3-2-4-6-12)15(19)17-8-13-7-16-9-14(13)18;/h2-6,11,13-14,16,18H,7-10H2,1H3,(H,17,19);1H. The van der Waals surface area contributed by atoms with Crippen molar-refractivity contribution in [3.05, 3.63) is 35.9 Å². The predicted octanol–water partition coefficient (Wildman–Crippen LogP) is 1.43. The number of aliphatic hydroxyl groups is 1. The van der Waals surface area contributed by atoms with Crippen LogP contribution >= 0.6 is 24.2 Å². The Balaban J connectivity index is 0.00000220. The van der Waals surface area contributed by atoms with Crippen molar-refractivity contribution in [1.82, 2.24) is 10.6 Å². The summed E-state index contributed by atoms with van der Waals surface area (Å²) in [7, 11) is 0. The van der Waals surface area contributed by atoms with E-state index in [-0.39, 0.29) is 35.6 Å². The van der Waals surface area contributed by atoms with E-state index in [9.17, 15) is 9.90 Å². The molecule has 4 nitrogen and oxygen atoms in total.